The Bertz CT molecular complexity index is 438. The number of halogens is 2. The molecule has 5 heteroatoms. The SMILES string of the molecule is Nc1nc2cc(Cl)cc(Cl)c2o1. The van der Waals surface area contributed by atoms with Gasteiger partial charge < -0.3 is 10.2 Å². The average Bonchev–Trinajstić information content (AvgIpc) is 2.29. The van der Waals surface area contributed by atoms with Gasteiger partial charge in [0, 0.05) is 5.02 Å². The third-order valence-corrected chi connectivity index (χ3v) is 1.93. The molecule has 3 nitrogen and oxygen atoms in total. The molecule has 2 aromatic rings. The summed E-state index contributed by atoms with van der Waals surface area (Å²) in [6, 6.07) is 3.31. The van der Waals surface area contributed by atoms with E-state index in [0.717, 1.165) is 0 Å². The molecule has 1 aromatic heterocycles. The maximum atomic E-state index is 5.80. The van der Waals surface area contributed by atoms with E-state index in [9.17, 15) is 0 Å². The average molecular weight is 203 g/mol. The number of aromatic nitrogens is 1. The Kier molecular flexibility index (Phi) is 1.63. The molecular formula is C7H4Cl2N2O. The van der Waals surface area contributed by atoms with Crippen LogP contribution in [0.15, 0.2) is 16.5 Å². The zero-order valence-electron chi connectivity index (χ0n) is 5.84. The summed E-state index contributed by atoms with van der Waals surface area (Å²) in [6.45, 7) is 0. The Hall–Kier alpha value is -0.930. The van der Waals surface area contributed by atoms with Gasteiger partial charge in [0.05, 0.1) is 5.02 Å². The molecule has 0 spiro atoms. The number of nitrogens with two attached hydrogens (primary N) is 1. The summed E-state index contributed by atoms with van der Waals surface area (Å²) >= 11 is 11.5. The van der Waals surface area contributed by atoms with Gasteiger partial charge >= 0.3 is 0 Å². The van der Waals surface area contributed by atoms with Crippen LogP contribution in [0, 0.1) is 0 Å². The fourth-order valence-electron chi connectivity index (χ4n) is 0.977. The predicted octanol–water partition coefficient (Wildman–Crippen LogP) is 2.72. The van der Waals surface area contributed by atoms with Crippen molar-refractivity contribution in [2.24, 2.45) is 0 Å². The predicted molar refractivity (Wildman–Crippen MR) is 48.4 cm³/mol. The second-order valence-electron chi connectivity index (χ2n) is 2.29. The van der Waals surface area contributed by atoms with Gasteiger partial charge in [-0.25, -0.2) is 0 Å². The van der Waals surface area contributed by atoms with Gasteiger partial charge in [-0.05, 0) is 12.1 Å². The first-order valence-electron chi connectivity index (χ1n) is 3.18. The maximum Gasteiger partial charge on any atom is 0.293 e. The van der Waals surface area contributed by atoms with Crippen LogP contribution in [0.5, 0.6) is 0 Å². The number of nitrogen functional groups attached to an aromatic ring is 1. The van der Waals surface area contributed by atoms with Crippen molar-refractivity contribution in [3.8, 4) is 0 Å². The molecular weight excluding hydrogens is 199 g/mol. The summed E-state index contributed by atoms with van der Waals surface area (Å²) in [7, 11) is 0. The monoisotopic (exact) mass is 202 g/mol. The largest absolute Gasteiger partial charge is 0.422 e. The van der Waals surface area contributed by atoms with E-state index in [2.05, 4.69) is 4.98 Å². The van der Waals surface area contributed by atoms with E-state index < -0.39 is 0 Å². The van der Waals surface area contributed by atoms with Crippen LogP contribution in [0.2, 0.25) is 10.0 Å². The number of hydrogen-bond donors (Lipinski definition) is 1. The molecule has 0 atom stereocenters. The second-order valence-corrected chi connectivity index (χ2v) is 3.13. The summed E-state index contributed by atoms with van der Waals surface area (Å²) in [5.74, 6) is 0. The number of hydrogen-bond acceptors (Lipinski definition) is 3. The van der Waals surface area contributed by atoms with E-state index in [4.69, 9.17) is 33.4 Å². The van der Waals surface area contributed by atoms with Crippen molar-refractivity contribution in [2.75, 3.05) is 5.73 Å². The van der Waals surface area contributed by atoms with Crippen LogP contribution < -0.4 is 5.73 Å². The first-order chi connectivity index (χ1) is 5.66. The summed E-state index contributed by atoms with van der Waals surface area (Å²) < 4.78 is 5.03. The van der Waals surface area contributed by atoms with Gasteiger partial charge in [-0.2, -0.15) is 4.98 Å². The van der Waals surface area contributed by atoms with Crippen molar-refractivity contribution in [1.29, 1.82) is 0 Å². The highest BCUT2D eigenvalue weighted by Crippen LogP contribution is 2.28. The van der Waals surface area contributed by atoms with Gasteiger partial charge in [-0.15, -0.1) is 0 Å². The van der Waals surface area contributed by atoms with Gasteiger partial charge in [0.1, 0.15) is 5.52 Å². The Morgan fingerprint density at radius 3 is 2.83 bits per heavy atom. The number of benzene rings is 1. The number of nitrogens with zero attached hydrogens (tertiary/aromatic N) is 1. The second kappa shape index (κ2) is 2.54. The van der Waals surface area contributed by atoms with Crippen molar-refractivity contribution in [3.63, 3.8) is 0 Å². The maximum absolute atomic E-state index is 5.80. The zero-order valence-corrected chi connectivity index (χ0v) is 7.36. The summed E-state index contributed by atoms with van der Waals surface area (Å²) in [5.41, 5.74) is 6.37. The third kappa shape index (κ3) is 1.11. The smallest absolute Gasteiger partial charge is 0.293 e. The minimum absolute atomic E-state index is 0.0918. The lowest BCUT2D eigenvalue weighted by Crippen LogP contribution is -1.80. The number of oxazole rings is 1. The van der Waals surface area contributed by atoms with Crippen molar-refractivity contribution in [1.82, 2.24) is 4.98 Å². The highest BCUT2D eigenvalue weighted by atomic mass is 35.5. The lowest BCUT2D eigenvalue weighted by molar-refractivity contribution is 0.626. The number of fused-ring (bicyclic) bond motifs is 1. The van der Waals surface area contributed by atoms with Crippen LogP contribution in [0.4, 0.5) is 6.01 Å². The van der Waals surface area contributed by atoms with E-state index >= 15 is 0 Å². The van der Waals surface area contributed by atoms with Crippen molar-refractivity contribution in [2.45, 2.75) is 0 Å². The fraction of sp³-hybridized carbons (Fsp3) is 0. The molecule has 0 amide bonds. The molecule has 1 aromatic carbocycles. The van der Waals surface area contributed by atoms with Crippen LogP contribution in [0.3, 0.4) is 0 Å². The summed E-state index contributed by atoms with van der Waals surface area (Å²) in [6.07, 6.45) is 0. The van der Waals surface area contributed by atoms with Crippen molar-refractivity contribution in [3.05, 3.63) is 22.2 Å². The molecule has 0 fully saturated rings. The Balaban J connectivity index is 2.88. The van der Waals surface area contributed by atoms with Crippen LogP contribution in [-0.4, -0.2) is 4.98 Å². The first kappa shape index (κ1) is 7.71. The van der Waals surface area contributed by atoms with Gasteiger partial charge in [0.15, 0.2) is 5.58 Å². The van der Waals surface area contributed by atoms with Gasteiger partial charge in [0.25, 0.3) is 6.01 Å². The molecule has 0 bridgehead atoms. The normalized spacial score (nSPS) is 10.8. The van der Waals surface area contributed by atoms with Gasteiger partial charge in [0.2, 0.25) is 0 Å². The molecule has 0 saturated heterocycles. The van der Waals surface area contributed by atoms with Crippen LogP contribution in [0.25, 0.3) is 11.1 Å². The quantitative estimate of drug-likeness (QED) is 0.715. The van der Waals surface area contributed by atoms with E-state index in [-0.39, 0.29) is 6.01 Å². The van der Waals surface area contributed by atoms with Crippen LogP contribution in [-0.2, 0) is 0 Å². The summed E-state index contributed by atoms with van der Waals surface area (Å²) in [5, 5.41) is 0.933. The van der Waals surface area contributed by atoms with Gasteiger partial charge in [-0.3, -0.25) is 0 Å². The number of anilines is 1. The molecule has 12 heavy (non-hydrogen) atoms. The van der Waals surface area contributed by atoms with Gasteiger partial charge in [-0.1, -0.05) is 23.2 Å². The van der Waals surface area contributed by atoms with Crippen molar-refractivity contribution >= 4 is 40.3 Å². The Morgan fingerprint density at radius 2 is 2.08 bits per heavy atom. The molecule has 1 heterocycles. The summed E-state index contributed by atoms with van der Waals surface area (Å²) in [4.78, 5) is 3.88. The Labute approximate surface area is 78.1 Å². The van der Waals surface area contributed by atoms with E-state index in [1.807, 2.05) is 0 Å². The van der Waals surface area contributed by atoms with E-state index in [1.165, 1.54) is 0 Å². The molecule has 0 aliphatic heterocycles. The van der Waals surface area contributed by atoms with Crippen molar-refractivity contribution < 1.29 is 4.42 Å². The minimum atomic E-state index is 0.0918. The lowest BCUT2D eigenvalue weighted by Gasteiger charge is -1.91. The lowest BCUT2D eigenvalue weighted by atomic mass is 10.3. The molecule has 0 aliphatic carbocycles. The topological polar surface area (TPSA) is 52.0 Å². The molecule has 2 N–H and O–H groups in total. The molecule has 0 unspecified atom stereocenters. The highest BCUT2D eigenvalue weighted by molar-refractivity contribution is 6.38. The molecule has 0 radical (unpaired) electrons. The molecule has 0 saturated carbocycles. The highest BCUT2D eigenvalue weighted by Gasteiger charge is 2.07. The standard InChI is InChI=1S/C7H4Cl2N2O/c8-3-1-4(9)6-5(2-3)11-7(10)12-6/h1-2H,(H2,10,11). The van der Waals surface area contributed by atoms with Crippen LogP contribution >= 0.6 is 23.2 Å². The molecule has 0 aliphatic rings. The third-order valence-electron chi connectivity index (χ3n) is 1.43. The number of rotatable bonds is 0. The first-order valence-corrected chi connectivity index (χ1v) is 3.93. The van der Waals surface area contributed by atoms with E-state index in [0.29, 0.717) is 21.1 Å². The van der Waals surface area contributed by atoms with E-state index in [1.54, 1.807) is 12.1 Å². The molecule has 2 rings (SSSR count). The Morgan fingerprint density at radius 1 is 1.33 bits per heavy atom. The molecule has 62 valence electrons. The minimum Gasteiger partial charge on any atom is -0.422 e. The fourth-order valence-corrected chi connectivity index (χ4v) is 1.50. The van der Waals surface area contributed by atoms with Crippen LogP contribution in [0.1, 0.15) is 0 Å². The zero-order chi connectivity index (χ0) is 8.72.